The van der Waals surface area contributed by atoms with E-state index in [1.165, 1.54) is 120 Å². The van der Waals surface area contributed by atoms with Crippen LogP contribution in [0.4, 0.5) is 0 Å². The summed E-state index contributed by atoms with van der Waals surface area (Å²) in [6.07, 6.45) is 4.59. The summed E-state index contributed by atoms with van der Waals surface area (Å²) >= 11 is 1.98. The molecule has 0 radical (unpaired) electrons. The van der Waals surface area contributed by atoms with Gasteiger partial charge in [0.05, 0.1) is 11.0 Å². The van der Waals surface area contributed by atoms with Crippen molar-refractivity contribution in [3.63, 3.8) is 0 Å². The van der Waals surface area contributed by atoms with Gasteiger partial charge in [-0.15, -0.1) is 11.3 Å². The Bertz CT molecular complexity index is 3800. The maximum absolute atomic E-state index is 2.48. The second kappa shape index (κ2) is 14.9. The van der Waals surface area contributed by atoms with Crippen LogP contribution in [0.15, 0.2) is 218 Å². The normalized spacial score (nSPS) is 12.7. The quantitative estimate of drug-likeness (QED) is 0.147. The molecule has 0 N–H and O–H groups in total. The summed E-state index contributed by atoms with van der Waals surface area (Å²) in [5, 5.41) is 8.88. The highest BCUT2D eigenvalue weighted by Gasteiger charge is 2.23. The zero-order valence-corrected chi connectivity index (χ0v) is 35.9. The number of rotatable bonds is 6. The molecule has 0 spiro atoms. The molecule has 0 aliphatic heterocycles. The Labute approximate surface area is 376 Å². The van der Waals surface area contributed by atoms with E-state index in [2.05, 4.69) is 229 Å². The van der Waals surface area contributed by atoms with Crippen LogP contribution in [0.2, 0.25) is 0 Å². The molecule has 2 heteroatoms. The number of benzene rings is 10. The van der Waals surface area contributed by atoms with E-state index in [0.717, 1.165) is 18.5 Å². The molecule has 2 heterocycles. The average Bonchev–Trinajstić information content (AvgIpc) is 3.91. The summed E-state index contributed by atoms with van der Waals surface area (Å²) < 4.78 is 3.85. The maximum Gasteiger partial charge on any atom is 0.0541 e. The van der Waals surface area contributed by atoms with Crippen LogP contribution < -0.4 is 0 Å². The van der Waals surface area contributed by atoms with Crippen molar-refractivity contribution in [2.75, 3.05) is 0 Å². The van der Waals surface area contributed by atoms with E-state index in [9.17, 15) is 0 Å². The van der Waals surface area contributed by atoms with E-state index in [0.29, 0.717) is 0 Å². The fourth-order valence-electron chi connectivity index (χ4n) is 10.6. The zero-order chi connectivity index (χ0) is 42.1. The summed E-state index contributed by atoms with van der Waals surface area (Å²) in [5.74, 6) is 0. The topological polar surface area (TPSA) is 4.93 Å². The number of allylic oxidation sites excluding steroid dienone is 1. The molecular formula is C62H41NS. The summed E-state index contributed by atoms with van der Waals surface area (Å²) in [6, 6.07) is 80.7. The molecular weight excluding hydrogens is 791 g/mol. The van der Waals surface area contributed by atoms with Gasteiger partial charge in [0.25, 0.3) is 0 Å². The van der Waals surface area contributed by atoms with Gasteiger partial charge in [-0.25, -0.2) is 0 Å². The monoisotopic (exact) mass is 831 g/mol. The lowest BCUT2D eigenvalue weighted by Gasteiger charge is -2.19. The number of para-hydroxylation sites is 1. The van der Waals surface area contributed by atoms with Crippen molar-refractivity contribution in [2.24, 2.45) is 0 Å². The number of hydrogen-bond acceptors (Lipinski definition) is 1. The Morgan fingerprint density at radius 1 is 0.344 bits per heavy atom. The van der Waals surface area contributed by atoms with Crippen molar-refractivity contribution < 1.29 is 0 Å². The van der Waals surface area contributed by atoms with Gasteiger partial charge in [0, 0.05) is 37.0 Å². The first-order valence-electron chi connectivity index (χ1n) is 22.3. The Morgan fingerprint density at radius 3 is 1.58 bits per heavy atom. The van der Waals surface area contributed by atoms with Crippen LogP contribution in [0, 0.1) is 0 Å². The molecule has 0 saturated heterocycles. The SMILES string of the molecule is C1=C(c2ccccc2)CCc2sc3c(-c4ccc5c(c4)c4ccccc4n5-c4ccc5c(-c6ccccc6)c6ccccc6c(-c6ccccc6)c5c4)cc(-c4ccccc4)cc3c21. The fourth-order valence-corrected chi connectivity index (χ4v) is 11.8. The average molecular weight is 832 g/mol. The van der Waals surface area contributed by atoms with Crippen LogP contribution in [0.3, 0.4) is 0 Å². The fraction of sp³-hybridized carbons (Fsp3) is 0.0323. The van der Waals surface area contributed by atoms with Crippen LogP contribution in [0.5, 0.6) is 0 Å². The third kappa shape index (κ3) is 5.91. The molecule has 0 saturated carbocycles. The molecule has 12 aromatic rings. The Balaban J connectivity index is 1.04. The first-order valence-corrected chi connectivity index (χ1v) is 23.1. The number of aryl methyl sites for hydroxylation is 1. The van der Waals surface area contributed by atoms with E-state index < -0.39 is 0 Å². The van der Waals surface area contributed by atoms with Crippen molar-refractivity contribution in [3.05, 3.63) is 234 Å². The third-order valence-corrected chi connectivity index (χ3v) is 14.8. The van der Waals surface area contributed by atoms with Crippen molar-refractivity contribution in [3.8, 4) is 50.2 Å². The number of thiophene rings is 1. The van der Waals surface area contributed by atoms with Crippen molar-refractivity contribution in [1.82, 2.24) is 4.57 Å². The number of aromatic nitrogens is 1. The summed E-state index contributed by atoms with van der Waals surface area (Å²) in [5.41, 5.74) is 17.7. The van der Waals surface area contributed by atoms with Crippen molar-refractivity contribution in [1.29, 1.82) is 0 Å². The summed E-state index contributed by atoms with van der Waals surface area (Å²) in [7, 11) is 0. The van der Waals surface area contributed by atoms with Crippen molar-refractivity contribution >= 4 is 76.4 Å². The molecule has 0 bridgehead atoms. The van der Waals surface area contributed by atoms with Gasteiger partial charge in [-0.2, -0.15) is 0 Å². The third-order valence-electron chi connectivity index (χ3n) is 13.5. The molecule has 0 amide bonds. The largest absolute Gasteiger partial charge is 0.309 e. The minimum Gasteiger partial charge on any atom is -0.309 e. The molecule has 13 rings (SSSR count). The van der Waals surface area contributed by atoms with Gasteiger partial charge in [0.2, 0.25) is 0 Å². The molecule has 2 aromatic heterocycles. The van der Waals surface area contributed by atoms with Gasteiger partial charge in [0.15, 0.2) is 0 Å². The molecule has 1 aliphatic carbocycles. The second-order valence-electron chi connectivity index (χ2n) is 17.1. The lowest BCUT2D eigenvalue weighted by atomic mass is 9.86. The predicted octanol–water partition coefficient (Wildman–Crippen LogP) is 17.5. The Morgan fingerprint density at radius 2 is 0.891 bits per heavy atom. The molecule has 0 atom stereocenters. The van der Waals surface area contributed by atoms with Crippen LogP contribution in [-0.4, -0.2) is 4.57 Å². The van der Waals surface area contributed by atoms with E-state index in [4.69, 9.17) is 0 Å². The van der Waals surface area contributed by atoms with Crippen LogP contribution in [0.1, 0.15) is 22.4 Å². The number of fused-ring (bicyclic) bond motifs is 8. The summed E-state index contributed by atoms with van der Waals surface area (Å²) in [6.45, 7) is 0. The van der Waals surface area contributed by atoms with Gasteiger partial charge < -0.3 is 4.57 Å². The first-order chi connectivity index (χ1) is 31.7. The number of hydrogen-bond donors (Lipinski definition) is 0. The minimum atomic E-state index is 1.06. The lowest BCUT2D eigenvalue weighted by molar-refractivity contribution is 1.03. The predicted molar refractivity (Wildman–Crippen MR) is 276 cm³/mol. The van der Waals surface area contributed by atoms with Gasteiger partial charge >= 0.3 is 0 Å². The van der Waals surface area contributed by atoms with Crippen LogP contribution in [0.25, 0.3) is 115 Å². The highest BCUT2D eigenvalue weighted by atomic mass is 32.1. The van der Waals surface area contributed by atoms with E-state index in [1.54, 1.807) is 0 Å². The Hall–Kier alpha value is -7.78. The smallest absolute Gasteiger partial charge is 0.0541 e. The molecule has 0 fully saturated rings. The second-order valence-corrected chi connectivity index (χ2v) is 18.2. The van der Waals surface area contributed by atoms with Crippen molar-refractivity contribution in [2.45, 2.75) is 12.8 Å². The Kier molecular flexibility index (Phi) is 8.60. The molecule has 300 valence electrons. The minimum absolute atomic E-state index is 1.06. The molecule has 10 aromatic carbocycles. The highest BCUT2D eigenvalue weighted by Crippen LogP contribution is 2.48. The van der Waals surface area contributed by atoms with Gasteiger partial charge in [-0.1, -0.05) is 176 Å². The zero-order valence-electron chi connectivity index (χ0n) is 35.1. The van der Waals surface area contributed by atoms with Crippen LogP contribution in [-0.2, 0) is 6.42 Å². The molecule has 1 aliphatic rings. The van der Waals surface area contributed by atoms with E-state index in [-0.39, 0.29) is 0 Å². The highest BCUT2D eigenvalue weighted by molar-refractivity contribution is 7.20. The van der Waals surface area contributed by atoms with Gasteiger partial charge in [-0.05, 0) is 139 Å². The van der Waals surface area contributed by atoms with Crippen LogP contribution >= 0.6 is 11.3 Å². The molecule has 64 heavy (non-hydrogen) atoms. The first kappa shape index (κ1) is 36.8. The summed E-state index contributed by atoms with van der Waals surface area (Å²) in [4.78, 5) is 1.48. The van der Waals surface area contributed by atoms with E-state index in [1.807, 2.05) is 11.3 Å². The van der Waals surface area contributed by atoms with E-state index >= 15 is 0 Å². The number of nitrogens with zero attached hydrogens (tertiary/aromatic N) is 1. The maximum atomic E-state index is 2.48. The molecule has 0 unspecified atom stereocenters. The van der Waals surface area contributed by atoms with Gasteiger partial charge in [0.1, 0.15) is 0 Å². The van der Waals surface area contributed by atoms with Gasteiger partial charge in [-0.3, -0.25) is 0 Å². The molecule has 1 nitrogen and oxygen atoms in total. The lowest BCUT2D eigenvalue weighted by Crippen LogP contribution is -1.96. The standard InChI is InChI=1S/C62H41NS/c1-5-17-40(18-6-1)44-30-34-59-54(35-44)56-38-46(41-19-7-2-8-20-41)37-52(62(56)64-59)45-29-33-58-53(36-45)48-25-15-16-28-57(48)63(58)47-31-32-51-55(39-47)61(43-23-11-4-12-24-43)50-27-14-13-26-49(50)60(51)42-21-9-3-10-22-42/h1-29,31-33,35-39H,30,34H2.